The number of nitrogens with one attached hydrogen (secondary N) is 2. The molecule has 0 unspecified atom stereocenters. The van der Waals surface area contributed by atoms with Crippen LogP contribution >= 0.6 is 0 Å². The van der Waals surface area contributed by atoms with Gasteiger partial charge in [-0.1, -0.05) is 48.2 Å². The molecule has 2 saturated heterocycles. The van der Waals surface area contributed by atoms with Crippen LogP contribution in [0.1, 0.15) is 11.1 Å². The second kappa shape index (κ2) is 15.5. The number of nitro groups is 2. The number of carbonyl (C=O) groups excluding carboxylic acids is 2. The second-order valence-electron chi connectivity index (χ2n) is 10.6. The SMILES string of the molecule is O=C(C#Cc1ccccc1)N1CC(Nc2ncccc2[N+](=O)[O-])C1.O=C(C#Cc1ccccc1)NC1CN(c2ncccc2[N+](=O)[O-])C1. The number of likely N-dealkylation sites (tertiary alicyclic amines) is 1. The number of benzene rings is 2. The minimum atomic E-state index is -0.484. The topological polar surface area (TPSA) is 177 Å². The Morgan fingerprint density at radius 2 is 1.27 bits per heavy atom. The van der Waals surface area contributed by atoms with Crippen LogP contribution in [0.5, 0.6) is 0 Å². The first-order chi connectivity index (χ1) is 23.3. The average Bonchev–Trinajstić information content (AvgIpc) is 3.07. The van der Waals surface area contributed by atoms with Crippen LogP contribution in [0.15, 0.2) is 97.3 Å². The Morgan fingerprint density at radius 1 is 0.708 bits per heavy atom. The van der Waals surface area contributed by atoms with E-state index in [1.54, 1.807) is 9.80 Å². The Morgan fingerprint density at radius 3 is 1.88 bits per heavy atom. The molecular formula is C34H28N8O6. The molecule has 4 heterocycles. The normalized spacial score (nSPS) is 13.4. The highest BCUT2D eigenvalue weighted by Crippen LogP contribution is 2.28. The van der Waals surface area contributed by atoms with E-state index >= 15 is 0 Å². The van der Waals surface area contributed by atoms with E-state index in [0.29, 0.717) is 32.0 Å². The van der Waals surface area contributed by atoms with Gasteiger partial charge in [0.05, 0.1) is 21.9 Å². The number of pyridine rings is 2. The number of aromatic nitrogens is 2. The van der Waals surface area contributed by atoms with E-state index in [2.05, 4.69) is 44.3 Å². The quantitative estimate of drug-likeness (QED) is 0.180. The van der Waals surface area contributed by atoms with Gasteiger partial charge in [-0.3, -0.25) is 29.8 Å². The molecule has 48 heavy (non-hydrogen) atoms. The van der Waals surface area contributed by atoms with Gasteiger partial charge in [0.2, 0.25) is 11.6 Å². The summed E-state index contributed by atoms with van der Waals surface area (Å²) in [5, 5.41) is 27.7. The van der Waals surface area contributed by atoms with Gasteiger partial charge < -0.3 is 20.4 Å². The van der Waals surface area contributed by atoms with Crippen molar-refractivity contribution in [2.75, 3.05) is 36.4 Å². The summed E-state index contributed by atoms with van der Waals surface area (Å²) in [5.41, 5.74) is 1.44. The molecule has 2 aliphatic rings. The third kappa shape index (κ3) is 8.68. The van der Waals surface area contributed by atoms with Gasteiger partial charge in [-0.15, -0.1) is 0 Å². The van der Waals surface area contributed by atoms with Gasteiger partial charge >= 0.3 is 11.4 Å². The molecule has 2 aromatic heterocycles. The molecule has 0 saturated carbocycles. The second-order valence-corrected chi connectivity index (χ2v) is 10.6. The molecule has 2 amide bonds. The summed E-state index contributed by atoms with van der Waals surface area (Å²) in [5.74, 6) is 10.7. The van der Waals surface area contributed by atoms with Crippen LogP contribution in [0, 0.1) is 43.9 Å². The largest absolute Gasteiger partial charge is 0.358 e. The third-order valence-corrected chi connectivity index (χ3v) is 7.15. The Balaban J connectivity index is 0.000000188. The number of nitrogens with zero attached hydrogens (tertiary/aromatic N) is 6. The maximum absolute atomic E-state index is 12.0. The Labute approximate surface area is 275 Å². The highest BCUT2D eigenvalue weighted by molar-refractivity contribution is 5.95. The smallest absolute Gasteiger partial charge is 0.311 e. The van der Waals surface area contributed by atoms with E-state index < -0.39 is 9.85 Å². The van der Waals surface area contributed by atoms with Crippen molar-refractivity contribution in [2.45, 2.75) is 12.1 Å². The van der Waals surface area contributed by atoms with Crippen LogP contribution in [0.4, 0.5) is 23.0 Å². The highest BCUT2D eigenvalue weighted by Gasteiger charge is 2.33. The third-order valence-electron chi connectivity index (χ3n) is 7.15. The molecule has 2 fully saturated rings. The highest BCUT2D eigenvalue weighted by atomic mass is 16.6. The van der Waals surface area contributed by atoms with E-state index in [0.717, 1.165) is 11.1 Å². The molecule has 2 aliphatic heterocycles. The number of anilines is 2. The lowest BCUT2D eigenvalue weighted by molar-refractivity contribution is -0.384. The lowest BCUT2D eigenvalue weighted by Crippen LogP contribution is -2.59. The summed E-state index contributed by atoms with van der Waals surface area (Å²) < 4.78 is 0. The molecule has 4 aromatic rings. The van der Waals surface area contributed by atoms with Crippen molar-refractivity contribution >= 4 is 34.8 Å². The average molecular weight is 645 g/mol. The van der Waals surface area contributed by atoms with Crippen LogP contribution in [0.25, 0.3) is 0 Å². The zero-order valence-electron chi connectivity index (χ0n) is 25.4. The maximum Gasteiger partial charge on any atom is 0.311 e. The fourth-order valence-corrected chi connectivity index (χ4v) is 4.70. The zero-order valence-corrected chi connectivity index (χ0v) is 25.4. The molecule has 0 atom stereocenters. The summed E-state index contributed by atoms with van der Waals surface area (Å²) in [6, 6.07) is 24.2. The molecule has 0 radical (unpaired) electrons. The van der Waals surface area contributed by atoms with Gasteiger partial charge in [-0.05, 0) is 36.4 Å². The lowest BCUT2D eigenvalue weighted by atomic mass is 10.1. The molecule has 6 rings (SSSR count). The summed E-state index contributed by atoms with van der Waals surface area (Å²) in [4.78, 5) is 56.2. The first-order valence-electron chi connectivity index (χ1n) is 14.7. The van der Waals surface area contributed by atoms with Crippen molar-refractivity contribution in [3.8, 4) is 23.7 Å². The van der Waals surface area contributed by atoms with Crippen LogP contribution < -0.4 is 15.5 Å². The van der Waals surface area contributed by atoms with Crippen molar-refractivity contribution in [1.82, 2.24) is 20.2 Å². The van der Waals surface area contributed by atoms with E-state index in [-0.39, 0.29) is 41.1 Å². The number of rotatable bonds is 6. The minimum Gasteiger partial charge on any atom is -0.358 e. The lowest BCUT2D eigenvalue weighted by Gasteiger charge is -2.39. The van der Waals surface area contributed by atoms with Gasteiger partial charge in [-0.25, -0.2) is 9.97 Å². The fraction of sp³-hybridized carbons (Fsp3) is 0.176. The molecular weight excluding hydrogens is 616 g/mol. The van der Waals surface area contributed by atoms with Crippen LogP contribution in [0.3, 0.4) is 0 Å². The molecule has 240 valence electrons. The molecule has 0 aliphatic carbocycles. The Kier molecular flexibility index (Phi) is 10.5. The summed E-state index contributed by atoms with van der Waals surface area (Å²) in [6.07, 6.45) is 3.00. The number of carbonyl (C=O) groups is 2. The van der Waals surface area contributed by atoms with Crippen molar-refractivity contribution in [3.63, 3.8) is 0 Å². The van der Waals surface area contributed by atoms with Gasteiger partial charge in [0.25, 0.3) is 11.8 Å². The number of hydrogen-bond donors (Lipinski definition) is 2. The van der Waals surface area contributed by atoms with E-state index in [4.69, 9.17) is 0 Å². The van der Waals surface area contributed by atoms with E-state index in [9.17, 15) is 29.8 Å². The molecule has 14 nitrogen and oxygen atoms in total. The van der Waals surface area contributed by atoms with Crippen LogP contribution in [-0.2, 0) is 9.59 Å². The maximum atomic E-state index is 12.0. The summed E-state index contributed by atoms with van der Waals surface area (Å²) >= 11 is 0. The molecule has 2 N–H and O–H groups in total. The minimum absolute atomic E-state index is 0.0360. The van der Waals surface area contributed by atoms with Gasteiger partial charge in [-0.2, -0.15) is 0 Å². The van der Waals surface area contributed by atoms with Crippen molar-refractivity contribution in [2.24, 2.45) is 0 Å². The predicted octanol–water partition coefficient (Wildman–Crippen LogP) is 3.01. The van der Waals surface area contributed by atoms with Crippen LogP contribution in [0.2, 0.25) is 0 Å². The van der Waals surface area contributed by atoms with Gasteiger partial charge in [0.15, 0.2) is 0 Å². The summed E-state index contributed by atoms with van der Waals surface area (Å²) in [7, 11) is 0. The first kappa shape index (κ1) is 32.6. The van der Waals surface area contributed by atoms with Crippen molar-refractivity contribution in [3.05, 3.63) is 129 Å². The standard InChI is InChI=1S/2C17H14N4O3/c22-16(9-8-13-5-2-1-3-6-13)20-11-14(12-20)19-17-15(21(23)24)7-4-10-18-17;22-16(9-8-13-5-2-1-3-6-13)19-14-11-20(12-14)17-15(21(23)24)7-4-10-18-17/h1-7,10,14H,11-12H2,(H,18,19);1-7,10,14H,11-12H2,(H,19,22). The first-order valence-corrected chi connectivity index (χ1v) is 14.7. The molecule has 2 aromatic carbocycles. The Bertz CT molecular complexity index is 1920. The summed E-state index contributed by atoms with van der Waals surface area (Å²) in [6.45, 7) is 1.82. The van der Waals surface area contributed by atoms with E-state index in [1.165, 1.54) is 36.7 Å². The Hall–Kier alpha value is -6.80. The van der Waals surface area contributed by atoms with Crippen molar-refractivity contribution in [1.29, 1.82) is 0 Å². The van der Waals surface area contributed by atoms with Crippen LogP contribution in [-0.4, -0.2) is 74.8 Å². The zero-order chi connectivity index (χ0) is 33.9. The van der Waals surface area contributed by atoms with Crippen molar-refractivity contribution < 1.29 is 19.4 Å². The number of hydrogen-bond acceptors (Lipinski definition) is 10. The number of amides is 2. The molecule has 0 bridgehead atoms. The van der Waals surface area contributed by atoms with Gasteiger partial charge in [0, 0.05) is 73.7 Å². The monoisotopic (exact) mass is 644 g/mol. The fourth-order valence-electron chi connectivity index (χ4n) is 4.70. The van der Waals surface area contributed by atoms with E-state index in [1.807, 2.05) is 60.7 Å². The van der Waals surface area contributed by atoms with Gasteiger partial charge in [0.1, 0.15) is 0 Å². The molecule has 14 heteroatoms. The predicted molar refractivity (Wildman–Crippen MR) is 177 cm³/mol. The molecule has 0 spiro atoms.